The van der Waals surface area contributed by atoms with Gasteiger partial charge in [0.05, 0.1) is 0 Å². The summed E-state index contributed by atoms with van der Waals surface area (Å²) in [6.45, 7) is 0.725. The molecule has 0 aromatic heterocycles. The second-order valence-corrected chi connectivity index (χ2v) is 3.98. The van der Waals surface area contributed by atoms with Gasteiger partial charge in [0.2, 0.25) is 0 Å². The minimum atomic E-state index is -0.829. The highest BCUT2D eigenvalue weighted by atomic mass is 19.1. The molecule has 1 amide bonds. The van der Waals surface area contributed by atoms with E-state index < -0.39 is 12.3 Å². The van der Waals surface area contributed by atoms with Gasteiger partial charge in [0.1, 0.15) is 17.7 Å². The van der Waals surface area contributed by atoms with E-state index in [9.17, 15) is 13.6 Å². The molecular weight excluding hydrogens is 228 g/mol. The summed E-state index contributed by atoms with van der Waals surface area (Å²) in [5.74, 6) is -0.0955. The molecule has 5 heteroatoms. The number of carbonyl (C=O) groups excluding carboxylic acids is 1. The molecular formula is C12H13F2NO2. The fraction of sp³-hybridized carbons (Fsp3) is 0.417. The number of benzene rings is 1. The van der Waals surface area contributed by atoms with Crippen LogP contribution in [0, 0.1) is 5.82 Å². The van der Waals surface area contributed by atoms with Gasteiger partial charge in [-0.05, 0) is 37.1 Å². The van der Waals surface area contributed by atoms with Crippen molar-refractivity contribution in [1.29, 1.82) is 0 Å². The predicted octanol–water partition coefficient (Wildman–Crippen LogP) is 2.76. The van der Waals surface area contributed by atoms with Crippen molar-refractivity contribution in [3.8, 4) is 5.75 Å². The normalized spacial score (nSPS) is 16.9. The largest absolute Gasteiger partial charge is 0.415 e. The molecule has 1 fully saturated rings. The van der Waals surface area contributed by atoms with Crippen molar-refractivity contribution in [1.82, 2.24) is 4.90 Å². The fourth-order valence-corrected chi connectivity index (χ4v) is 1.70. The number of rotatable bonds is 1. The first-order valence-corrected chi connectivity index (χ1v) is 5.51. The average molecular weight is 241 g/mol. The summed E-state index contributed by atoms with van der Waals surface area (Å²) in [6.07, 6.45) is -0.648. The van der Waals surface area contributed by atoms with Crippen molar-refractivity contribution >= 4 is 6.09 Å². The molecule has 2 rings (SSSR count). The monoisotopic (exact) mass is 241 g/mol. The Morgan fingerprint density at radius 3 is 2.41 bits per heavy atom. The molecule has 0 saturated carbocycles. The maximum atomic E-state index is 12.9. The van der Waals surface area contributed by atoms with E-state index in [4.69, 9.17) is 4.74 Å². The number of piperidine rings is 1. The lowest BCUT2D eigenvalue weighted by Crippen LogP contribution is -2.40. The van der Waals surface area contributed by atoms with Crippen LogP contribution in [0.5, 0.6) is 5.75 Å². The third-order valence-electron chi connectivity index (χ3n) is 2.70. The maximum absolute atomic E-state index is 12.9. The molecule has 0 N–H and O–H groups in total. The highest BCUT2D eigenvalue weighted by Crippen LogP contribution is 2.16. The average Bonchev–Trinajstić information content (AvgIpc) is 2.33. The van der Waals surface area contributed by atoms with Crippen molar-refractivity contribution < 1.29 is 18.3 Å². The van der Waals surface area contributed by atoms with Crippen molar-refractivity contribution in [3.63, 3.8) is 0 Å². The predicted molar refractivity (Wildman–Crippen MR) is 58.1 cm³/mol. The minimum Gasteiger partial charge on any atom is -0.410 e. The molecule has 1 aromatic rings. The number of hydrogen-bond donors (Lipinski definition) is 0. The molecule has 1 aliphatic heterocycles. The molecule has 0 spiro atoms. The van der Waals surface area contributed by atoms with Crippen LogP contribution in [0.4, 0.5) is 13.6 Å². The van der Waals surface area contributed by atoms with Gasteiger partial charge in [-0.15, -0.1) is 0 Å². The van der Waals surface area contributed by atoms with Crippen LogP contribution in [-0.4, -0.2) is 30.3 Å². The van der Waals surface area contributed by atoms with Crippen LogP contribution in [0.1, 0.15) is 12.8 Å². The van der Waals surface area contributed by atoms with Crippen LogP contribution in [0.2, 0.25) is 0 Å². The van der Waals surface area contributed by atoms with E-state index in [1.165, 1.54) is 29.2 Å². The molecule has 0 radical (unpaired) electrons. The molecule has 0 bridgehead atoms. The third-order valence-corrected chi connectivity index (χ3v) is 2.70. The van der Waals surface area contributed by atoms with E-state index >= 15 is 0 Å². The van der Waals surface area contributed by atoms with Crippen LogP contribution in [0.25, 0.3) is 0 Å². The maximum Gasteiger partial charge on any atom is 0.415 e. The molecule has 0 atom stereocenters. The third kappa shape index (κ3) is 3.15. The smallest absolute Gasteiger partial charge is 0.410 e. The SMILES string of the molecule is O=C(Oc1ccc(F)cc1)N1CCC(F)CC1. The molecule has 1 aromatic carbocycles. The molecule has 0 aliphatic carbocycles. The Balaban J connectivity index is 1.90. The number of amides is 1. The first-order chi connectivity index (χ1) is 8.15. The summed E-state index contributed by atoms with van der Waals surface area (Å²) in [6, 6.07) is 5.21. The Labute approximate surface area is 98.0 Å². The van der Waals surface area contributed by atoms with E-state index in [1.807, 2.05) is 0 Å². The highest BCUT2D eigenvalue weighted by molar-refractivity contribution is 5.70. The standard InChI is InChI=1S/C12H13F2NO2/c13-9-1-3-11(4-2-9)17-12(16)15-7-5-10(14)6-8-15/h1-4,10H,5-8H2. The van der Waals surface area contributed by atoms with Crippen LogP contribution >= 0.6 is 0 Å². The lowest BCUT2D eigenvalue weighted by molar-refractivity contribution is 0.120. The molecule has 3 nitrogen and oxygen atoms in total. The number of nitrogens with zero attached hydrogens (tertiary/aromatic N) is 1. The summed E-state index contributed by atoms with van der Waals surface area (Å²) >= 11 is 0. The van der Waals surface area contributed by atoms with E-state index in [-0.39, 0.29) is 5.82 Å². The fourth-order valence-electron chi connectivity index (χ4n) is 1.70. The molecule has 92 valence electrons. The number of alkyl halides is 1. The lowest BCUT2D eigenvalue weighted by Gasteiger charge is -2.27. The first kappa shape index (κ1) is 11.8. The molecule has 1 aliphatic rings. The second-order valence-electron chi connectivity index (χ2n) is 3.98. The van der Waals surface area contributed by atoms with Gasteiger partial charge in [0.25, 0.3) is 0 Å². The summed E-state index contributed by atoms with van der Waals surface area (Å²) in [5, 5.41) is 0. The molecule has 17 heavy (non-hydrogen) atoms. The van der Waals surface area contributed by atoms with Crippen molar-refractivity contribution in [2.75, 3.05) is 13.1 Å². The summed E-state index contributed by atoms with van der Waals surface area (Å²) in [4.78, 5) is 13.1. The van der Waals surface area contributed by atoms with Crippen molar-refractivity contribution in [2.45, 2.75) is 19.0 Å². The summed E-state index contributed by atoms with van der Waals surface area (Å²) in [5.41, 5.74) is 0. The van der Waals surface area contributed by atoms with Gasteiger partial charge in [-0.25, -0.2) is 13.6 Å². The molecule has 1 heterocycles. The number of carbonyl (C=O) groups is 1. The van der Waals surface area contributed by atoms with Gasteiger partial charge in [-0.2, -0.15) is 0 Å². The van der Waals surface area contributed by atoms with Crippen molar-refractivity contribution in [2.24, 2.45) is 0 Å². The van der Waals surface area contributed by atoms with E-state index in [0.717, 1.165) is 0 Å². The quantitative estimate of drug-likeness (QED) is 0.756. The van der Waals surface area contributed by atoms with E-state index in [0.29, 0.717) is 31.7 Å². The Kier molecular flexibility index (Phi) is 3.56. The van der Waals surface area contributed by atoms with Gasteiger partial charge in [-0.1, -0.05) is 0 Å². The molecule has 1 saturated heterocycles. The number of halogens is 2. The van der Waals surface area contributed by atoms with Crippen LogP contribution < -0.4 is 4.74 Å². The number of likely N-dealkylation sites (tertiary alicyclic amines) is 1. The summed E-state index contributed by atoms with van der Waals surface area (Å²) < 4.78 is 30.5. The lowest BCUT2D eigenvalue weighted by atomic mass is 10.1. The van der Waals surface area contributed by atoms with Crippen LogP contribution in [0.3, 0.4) is 0 Å². The van der Waals surface area contributed by atoms with E-state index in [2.05, 4.69) is 0 Å². The first-order valence-electron chi connectivity index (χ1n) is 5.51. The zero-order valence-electron chi connectivity index (χ0n) is 9.23. The number of ether oxygens (including phenoxy) is 1. The zero-order valence-corrected chi connectivity index (χ0v) is 9.23. The van der Waals surface area contributed by atoms with Gasteiger partial charge in [-0.3, -0.25) is 0 Å². The number of hydrogen-bond acceptors (Lipinski definition) is 2. The van der Waals surface area contributed by atoms with Crippen LogP contribution in [-0.2, 0) is 0 Å². The highest BCUT2D eigenvalue weighted by Gasteiger charge is 2.23. The second kappa shape index (κ2) is 5.12. The Hall–Kier alpha value is -1.65. The van der Waals surface area contributed by atoms with Gasteiger partial charge >= 0.3 is 6.09 Å². The zero-order chi connectivity index (χ0) is 12.3. The van der Waals surface area contributed by atoms with Gasteiger partial charge < -0.3 is 9.64 Å². The Morgan fingerprint density at radius 1 is 1.24 bits per heavy atom. The Bertz CT molecular complexity index is 386. The van der Waals surface area contributed by atoms with E-state index in [1.54, 1.807) is 0 Å². The topological polar surface area (TPSA) is 29.5 Å². The summed E-state index contributed by atoms with van der Waals surface area (Å²) in [7, 11) is 0. The minimum absolute atomic E-state index is 0.291. The van der Waals surface area contributed by atoms with Gasteiger partial charge in [0.15, 0.2) is 0 Å². The van der Waals surface area contributed by atoms with Crippen molar-refractivity contribution in [3.05, 3.63) is 30.1 Å². The van der Waals surface area contributed by atoms with Gasteiger partial charge in [0, 0.05) is 13.1 Å². The molecule has 0 unspecified atom stereocenters. The van der Waals surface area contributed by atoms with Crippen LogP contribution in [0.15, 0.2) is 24.3 Å². The Morgan fingerprint density at radius 2 is 1.82 bits per heavy atom.